The molecule has 402 valence electrons. The van der Waals surface area contributed by atoms with Crippen molar-refractivity contribution in [2.24, 2.45) is 0 Å². The molecule has 0 saturated carbocycles. The zero-order valence-electron chi connectivity index (χ0n) is 42.5. The second kappa shape index (κ2) is 27.5. The molecule has 0 spiro atoms. The monoisotopic (exact) mass is 1040 g/mol. The molecule has 0 aliphatic carbocycles. The summed E-state index contributed by atoms with van der Waals surface area (Å²) in [5, 5.41) is 16.5. The first-order chi connectivity index (χ1) is 35.7. The molecule has 5 aromatic rings. The van der Waals surface area contributed by atoms with Crippen LogP contribution in [0.2, 0.25) is 0 Å². The first-order valence-corrected chi connectivity index (χ1v) is 25.2. The van der Waals surface area contributed by atoms with Gasteiger partial charge in [-0.2, -0.15) is 26.3 Å². The summed E-state index contributed by atoms with van der Waals surface area (Å²) in [4.78, 5) is 54.6. The molecule has 3 aliphatic rings. The van der Waals surface area contributed by atoms with Crippen LogP contribution >= 0.6 is 0 Å². The molecule has 75 heavy (non-hydrogen) atoms. The third kappa shape index (κ3) is 19.7. The molecule has 3 heterocycles. The van der Waals surface area contributed by atoms with Crippen LogP contribution in [0.25, 0.3) is 0 Å². The number of nitrogens with zero attached hydrogens (tertiary/aromatic N) is 3. The number of alkyl halides is 6. The molecule has 3 fully saturated rings. The zero-order valence-corrected chi connectivity index (χ0v) is 42.5. The van der Waals surface area contributed by atoms with E-state index in [4.69, 9.17) is 0 Å². The van der Waals surface area contributed by atoms with E-state index in [1.54, 1.807) is 31.2 Å². The zero-order chi connectivity index (χ0) is 54.0. The van der Waals surface area contributed by atoms with E-state index in [1.807, 2.05) is 31.3 Å². The van der Waals surface area contributed by atoms with Crippen LogP contribution in [0.15, 0.2) is 127 Å². The number of hydrogen-bond donors (Lipinski definition) is 6. The first kappa shape index (κ1) is 57.3. The smallest absolute Gasteiger partial charge is 0.335 e. The first-order valence-electron chi connectivity index (χ1n) is 25.2. The lowest BCUT2D eigenvalue weighted by Crippen LogP contribution is -2.45. The summed E-state index contributed by atoms with van der Waals surface area (Å²) in [6.45, 7) is 10.5. The largest absolute Gasteiger partial charge is 0.416 e. The number of rotatable bonds is 11. The Balaban J connectivity index is 0.000000185. The van der Waals surface area contributed by atoms with E-state index in [0.717, 1.165) is 115 Å². The maximum atomic E-state index is 12.9. The van der Waals surface area contributed by atoms with Crippen LogP contribution in [0, 0.1) is 6.92 Å². The number of piperidine rings is 3. The Morgan fingerprint density at radius 1 is 0.493 bits per heavy atom. The number of Topliss-reactive ketones (excluding diaryl/α,β-unsaturated/α-hetero) is 1. The predicted octanol–water partition coefficient (Wildman–Crippen LogP) is 11.4. The fraction of sp³-hybridized carbons (Fsp3) is 0.393. The average Bonchev–Trinajstić information content (AvgIpc) is 3.37. The van der Waals surface area contributed by atoms with Crippen molar-refractivity contribution in [3.05, 3.63) is 161 Å². The van der Waals surface area contributed by atoms with Gasteiger partial charge in [0.15, 0.2) is 5.78 Å². The average molecular weight is 1040 g/mol. The summed E-state index contributed by atoms with van der Waals surface area (Å²) in [5.74, 6) is -0.0140. The van der Waals surface area contributed by atoms with E-state index in [1.165, 1.54) is 36.2 Å². The van der Waals surface area contributed by atoms with Crippen molar-refractivity contribution in [1.82, 2.24) is 30.7 Å². The van der Waals surface area contributed by atoms with Crippen molar-refractivity contribution in [3.63, 3.8) is 0 Å². The second-order valence-corrected chi connectivity index (χ2v) is 19.2. The molecule has 5 aromatic carbocycles. The Labute approximate surface area is 434 Å². The molecule has 0 radical (unpaired) electrons. The van der Waals surface area contributed by atoms with Gasteiger partial charge in [0, 0.05) is 80.0 Å². The number of carbonyl (C=O) groups excluding carboxylic acids is 4. The molecular weight excluding hydrogens is 977 g/mol. The van der Waals surface area contributed by atoms with Gasteiger partial charge in [-0.05, 0) is 132 Å². The Bertz CT molecular complexity index is 2620. The van der Waals surface area contributed by atoms with Gasteiger partial charge in [-0.25, -0.2) is 14.4 Å². The van der Waals surface area contributed by atoms with Gasteiger partial charge in [0.05, 0.1) is 11.1 Å². The molecule has 6 amide bonds. The van der Waals surface area contributed by atoms with E-state index in [0.29, 0.717) is 16.8 Å². The van der Waals surface area contributed by atoms with Crippen molar-refractivity contribution in [2.75, 3.05) is 62.3 Å². The fourth-order valence-corrected chi connectivity index (χ4v) is 8.88. The van der Waals surface area contributed by atoms with Crippen molar-refractivity contribution in [1.29, 1.82) is 0 Å². The number of halogens is 6. The Morgan fingerprint density at radius 2 is 0.907 bits per heavy atom. The molecular formula is C56H67F6N9O4. The van der Waals surface area contributed by atoms with Gasteiger partial charge in [-0.15, -0.1) is 0 Å². The highest BCUT2D eigenvalue weighted by molar-refractivity contribution is 5.97. The third-order valence-electron chi connectivity index (χ3n) is 13.2. The molecule has 6 N–H and O–H groups in total. The van der Waals surface area contributed by atoms with Crippen LogP contribution in [-0.4, -0.2) is 103 Å². The van der Waals surface area contributed by atoms with Crippen LogP contribution in [0.1, 0.15) is 83.6 Å². The van der Waals surface area contributed by atoms with Gasteiger partial charge in [0.25, 0.3) is 0 Å². The number of nitrogens with one attached hydrogen (secondary N) is 6. The quantitative estimate of drug-likeness (QED) is 0.0570. The standard InChI is InChI=1S/C21H24F3N3O.C21H25N3O2.C14H18F3N3O/c1-15-7-8-17(21(22,23)24)13-19(15)26-20(28)25-18-9-11-27(12-10-18)14-16-5-3-2-4-6-16;1-16(25)18-8-5-9-20(14-18)23-21(26)22-19-10-12-24(13-11-19)15-17-6-3-2-4-7-17;1-20-7-5-11(6-8-20)18-13(21)19-12-4-2-3-10(9-12)14(15,16)17/h2-8,13,18H,9-12,14H2,1H3,(H2,25,26,28);2-9,14,19H,10-13,15H2,1H3,(H2,22,23,26);2-4,9,11H,5-8H2,1H3,(H2,18,19,21). The van der Waals surface area contributed by atoms with Crippen LogP contribution < -0.4 is 31.9 Å². The Hall–Kier alpha value is -6.96. The molecule has 0 bridgehead atoms. The molecule has 19 heteroatoms. The van der Waals surface area contributed by atoms with Gasteiger partial charge >= 0.3 is 30.4 Å². The summed E-state index contributed by atoms with van der Waals surface area (Å²) in [5.41, 5.74) is 3.15. The number of anilines is 3. The van der Waals surface area contributed by atoms with Crippen molar-refractivity contribution < 1.29 is 45.5 Å². The lowest BCUT2D eigenvalue weighted by molar-refractivity contribution is -0.138. The number of amides is 6. The number of urea groups is 3. The van der Waals surface area contributed by atoms with Crippen LogP contribution in [0.3, 0.4) is 0 Å². The molecule has 13 nitrogen and oxygen atoms in total. The third-order valence-corrected chi connectivity index (χ3v) is 13.2. The van der Waals surface area contributed by atoms with E-state index in [9.17, 15) is 45.5 Å². The summed E-state index contributed by atoms with van der Waals surface area (Å²) >= 11 is 0. The Morgan fingerprint density at radius 3 is 1.36 bits per heavy atom. The van der Waals surface area contributed by atoms with Crippen molar-refractivity contribution in [2.45, 2.75) is 95.9 Å². The highest BCUT2D eigenvalue weighted by Crippen LogP contribution is 2.33. The number of ketones is 1. The normalized spacial score (nSPS) is 16.2. The van der Waals surface area contributed by atoms with Gasteiger partial charge in [-0.3, -0.25) is 14.6 Å². The fourth-order valence-electron chi connectivity index (χ4n) is 8.88. The van der Waals surface area contributed by atoms with Gasteiger partial charge in [-0.1, -0.05) is 84.9 Å². The minimum atomic E-state index is -4.44. The maximum Gasteiger partial charge on any atom is 0.416 e. The lowest BCUT2D eigenvalue weighted by atomic mass is 10.0. The van der Waals surface area contributed by atoms with Gasteiger partial charge < -0.3 is 36.8 Å². The van der Waals surface area contributed by atoms with E-state index in [-0.39, 0.29) is 41.3 Å². The summed E-state index contributed by atoms with van der Waals surface area (Å²) in [7, 11) is 2.01. The van der Waals surface area contributed by atoms with Crippen LogP contribution in [0.4, 0.5) is 57.8 Å². The van der Waals surface area contributed by atoms with E-state index < -0.39 is 35.5 Å². The summed E-state index contributed by atoms with van der Waals surface area (Å²) in [6.07, 6.45) is -3.68. The van der Waals surface area contributed by atoms with E-state index in [2.05, 4.69) is 83.0 Å². The molecule has 0 atom stereocenters. The highest BCUT2D eigenvalue weighted by atomic mass is 19.4. The number of carbonyl (C=O) groups is 4. The molecule has 3 saturated heterocycles. The number of likely N-dealkylation sites (tertiary alicyclic amines) is 3. The van der Waals surface area contributed by atoms with E-state index >= 15 is 0 Å². The number of hydrogen-bond acceptors (Lipinski definition) is 7. The second-order valence-electron chi connectivity index (χ2n) is 19.2. The highest BCUT2D eigenvalue weighted by Gasteiger charge is 2.32. The Kier molecular flexibility index (Phi) is 21.0. The summed E-state index contributed by atoms with van der Waals surface area (Å²) in [6, 6.07) is 34.7. The van der Waals surface area contributed by atoms with Gasteiger partial charge in [0.1, 0.15) is 0 Å². The van der Waals surface area contributed by atoms with Crippen molar-refractivity contribution >= 4 is 40.9 Å². The lowest BCUT2D eigenvalue weighted by Gasteiger charge is -2.32. The molecule has 0 aromatic heterocycles. The van der Waals surface area contributed by atoms with Gasteiger partial charge in [0.2, 0.25) is 0 Å². The van der Waals surface area contributed by atoms with Crippen molar-refractivity contribution in [3.8, 4) is 0 Å². The van der Waals surface area contributed by atoms with Crippen LogP contribution in [0.5, 0.6) is 0 Å². The molecule has 8 rings (SSSR count). The minimum Gasteiger partial charge on any atom is -0.335 e. The minimum absolute atomic E-state index is 0.0122. The predicted molar refractivity (Wildman–Crippen MR) is 281 cm³/mol. The molecule has 0 unspecified atom stereocenters. The number of aryl methyl sites for hydroxylation is 1. The number of benzene rings is 5. The SMILES string of the molecule is CC(=O)c1cccc(NC(=O)NC2CCN(Cc3ccccc3)CC2)c1.CN1CCC(NC(=O)Nc2cccc(C(F)(F)F)c2)CC1.Cc1ccc(C(F)(F)F)cc1NC(=O)NC1CCN(Cc2ccccc2)CC1. The maximum absolute atomic E-state index is 12.9. The molecule has 3 aliphatic heterocycles. The van der Waals surface area contributed by atoms with Crippen LogP contribution in [-0.2, 0) is 25.4 Å². The summed E-state index contributed by atoms with van der Waals surface area (Å²) < 4.78 is 76.4. The topological polar surface area (TPSA) is 150 Å².